The van der Waals surface area contributed by atoms with Crippen molar-refractivity contribution in [1.29, 1.82) is 0 Å². The first-order chi connectivity index (χ1) is 11.3. The van der Waals surface area contributed by atoms with E-state index >= 15 is 0 Å². The Bertz CT molecular complexity index is 733. The van der Waals surface area contributed by atoms with Crippen LogP contribution in [0.5, 0.6) is 5.75 Å². The highest BCUT2D eigenvalue weighted by Gasteiger charge is 2.03. The summed E-state index contributed by atoms with van der Waals surface area (Å²) in [5, 5.41) is 0. The van der Waals surface area contributed by atoms with Gasteiger partial charge in [-0.1, -0.05) is 54.6 Å². The Hall–Kier alpha value is -2.74. The molecule has 0 heterocycles. The van der Waals surface area contributed by atoms with Crippen molar-refractivity contribution in [2.45, 2.75) is 6.54 Å². The van der Waals surface area contributed by atoms with E-state index in [2.05, 4.69) is 72.6 Å². The van der Waals surface area contributed by atoms with Gasteiger partial charge in [0, 0.05) is 19.3 Å². The van der Waals surface area contributed by atoms with Crippen LogP contribution in [0.1, 0.15) is 5.56 Å². The Kier molecular flexibility index (Phi) is 4.62. The summed E-state index contributed by atoms with van der Waals surface area (Å²) in [6.45, 7) is 0.876. The molecule has 0 bridgehead atoms. The number of hydrogen-bond acceptors (Lipinski definition) is 2. The lowest BCUT2D eigenvalue weighted by Crippen LogP contribution is -2.16. The zero-order chi connectivity index (χ0) is 16.1. The quantitative estimate of drug-likeness (QED) is 0.658. The number of hydrogen-bond donors (Lipinski definition) is 0. The van der Waals surface area contributed by atoms with E-state index < -0.39 is 0 Å². The number of nitrogens with zero attached hydrogens (tertiary/aromatic N) is 1. The summed E-state index contributed by atoms with van der Waals surface area (Å²) in [5.41, 5.74) is 4.98. The van der Waals surface area contributed by atoms with Crippen LogP contribution in [0.25, 0.3) is 11.1 Å². The van der Waals surface area contributed by atoms with Gasteiger partial charge in [-0.3, -0.25) is 0 Å². The lowest BCUT2D eigenvalue weighted by molar-refractivity contribution is 0.415. The minimum atomic E-state index is 0.876. The summed E-state index contributed by atoms with van der Waals surface area (Å²) in [4.78, 5) is 2.23. The van der Waals surface area contributed by atoms with Gasteiger partial charge in [0.1, 0.15) is 5.75 Å². The molecule has 0 spiro atoms. The molecule has 0 aliphatic rings. The van der Waals surface area contributed by atoms with Gasteiger partial charge in [-0.25, -0.2) is 0 Å². The van der Waals surface area contributed by atoms with E-state index in [1.54, 1.807) is 7.11 Å². The van der Waals surface area contributed by atoms with Gasteiger partial charge < -0.3 is 9.64 Å². The molecule has 0 aromatic heterocycles. The number of benzene rings is 3. The van der Waals surface area contributed by atoms with Crippen LogP contribution >= 0.6 is 0 Å². The third kappa shape index (κ3) is 3.72. The molecule has 0 atom stereocenters. The van der Waals surface area contributed by atoms with Crippen LogP contribution in [0.3, 0.4) is 0 Å². The van der Waals surface area contributed by atoms with Gasteiger partial charge in [0.25, 0.3) is 0 Å². The van der Waals surface area contributed by atoms with E-state index in [1.165, 1.54) is 22.4 Å². The van der Waals surface area contributed by atoms with Crippen LogP contribution in [-0.4, -0.2) is 14.2 Å². The Morgan fingerprint density at radius 2 is 1.35 bits per heavy atom. The van der Waals surface area contributed by atoms with E-state index in [9.17, 15) is 0 Å². The zero-order valence-electron chi connectivity index (χ0n) is 13.6. The van der Waals surface area contributed by atoms with Crippen molar-refractivity contribution in [2.75, 3.05) is 19.1 Å². The normalized spacial score (nSPS) is 10.3. The SMILES string of the molecule is COc1ccc(N(C)Cc2ccc(-c3ccccc3)cc2)cc1. The van der Waals surface area contributed by atoms with Gasteiger partial charge in [-0.2, -0.15) is 0 Å². The highest BCUT2D eigenvalue weighted by molar-refractivity contribution is 5.63. The van der Waals surface area contributed by atoms with Crippen molar-refractivity contribution >= 4 is 5.69 Å². The van der Waals surface area contributed by atoms with Gasteiger partial charge in [0.15, 0.2) is 0 Å². The Morgan fingerprint density at radius 1 is 0.739 bits per heavy atom. The van der Waals surface area contributed by atoms with E-state index in [-0.39, 0.29) is 0 Å². The van der Waals surface area contributed by atoms with E-state index in [0.717, 1.165) is 12.3 Å². The topological polar surface area (TPSA) is 12.5 Å². The fraction of sp³-hybridized carbons (Fsp3) is 0.143. The zero-order valence-corrected chi connectivity index (χ0v) is 13.6. The van der Waals surface area contributed by atoms with E-state index in [1.807, 2.05) is 18.2 Å². The third-order valence-corrected chi connectivity index (χ3v) is 3.99. The van der Waals surface area contributed by atoms with Crippen molar-refractivity contribution in [3.63, 3.8) is 0 Å². The predicted molar refractivity (Wildman–Crippen MR) is 97.0 cm³/mol. The summed E-state index contributed by atoms with van der Waals surface area (Å²) >= 11 is 0. The van der Waals surface area contributed by atoms with Crippen molar-refractivity contribution in [3.8, 4) is 16.9 Å². The Labute approximate surface area is 138 Å². The second-order valence-electron chi connectivity index (χ2n) is 5.62. The largest absolute Gasteiger partial charge is 0.497 e. The molecular formula is C21H21NO. The molecule has 0 unspecified atom stereocenters. The first kappa shape index (κ1) is 15.2. The van der Waals surface area contributed by atoms with Crippen molar-refractivity contribution < 1.29 is 4.74 Å². The van der Waals surface area contributed by atoms with Crippen LogP contribution in [-0.2, 0) is 6.54 Å². The molecular weight excluding hydrogens is 282 g/mol. The predicted octanol–water partition coefficient (Wildman–Crippen LogP) is 5.00. The average Bonchev–Trinajstić information content (AvgIpc) is 2.63. The van der Waals surface area contributed by atoms with E-state index in [0.29, 0.717) is 0 Å². The molecule has 3 aromatic carbocycles. The second-order valence-corrected chi connectivity index (χ2v) is 5.62. The Morgan fingerprint density at radius 3 is 1.96 bits per heavy atom. The summed E-state index contributed by atoms with van der Waals surface area (Å²) < 4.78 is 5.20. The third-order valence-electron chi connectivity index (χ3n) is 3.99. The molecule has 0 amide bonds. The summed E-state index contributed by atoms with van der Waals surface area (Å²) in [5.74, 6) is 0.884. The van der Waals surface area contributed by atoms with Crippen molar-refractivity contribution in [1.82, 2.24) is 0 Å². The molecule has 0 N–H and O–H groups in total. The van der Waals surface area contributed by atoms with Crippen molar-refractivity contribution in [3.05, 3.63) is 84.4 Å². The lowest BCUT2D eigenvalue weighted by atomic mass is 10.0. The van der Waals surface area contributed by atoms with E-state index in [4.69, 9.17) is 4.74 Å². The summed E-state index contributed by atoms with van der Waals surface area (Å²) in [7, 11) is 3.79. The molecule has 0 saturated heterocycles. The van der Waals surface area contributed by atoms with Crippen LogP contribution in [0.2, 0.25) is 0 Å². The van der Waals surface area contributed by atoms with Gasteiger partial charge in [-0.05, 0) is 41.0 Å². The van der Waals surface area contributed by atoms with Crippen LogP contribution < -0.4 is 9.64 Å². The molecule has 2 nitrogen and oxygen atoms in total. The van der Waals surface area contributed by atoms with Crippen LogP contribution in [0, 0.1) is 0 Å². The minimum absolute atomic E-state index is 0.876. The van der Waals surface area contributed by atoms with Crippen molar-refractivity contribution in [2.24, 2.45) is 0 Å². The number of anilines is 1. The maximum Gasteiger partial charge on any atom is 0.119 e. The Balaban J connectivity index is 1.70. The monoisotopic (exact) mass is 303 g/mol. The number of ether oxygens (including phenoxy) is 1. The first-order valence-electron chi connectivity index (χ1n) is 7.76. The molecule has 2 heteroatoms. The standard InChI is InChI=1S/C21H21NO/c1-22(20-12-14-21(23-2)15-13-20)16-17-8-10-19(11-9-17)18-6-4-3-5-7-18/h3-15H,16H2,1-2H3. The fourth-order valence-electron chi connectivity index (χ4n) is 2.64. The second kappa shape index (κ2) is 7.01. The summed E-state index contributed by atoms with van der Waals surface area (Å²) in [6.07, 6.45) is 0. The number of methoxy groups -OCH3 is 1. The maximum atomic E-state index is 5.20. The molecule has 0 aliphatic carbocycles. The molecule has 116 valence electrons. The molecule has 3 aromatic rings. The molecule has 0 aliphatic heterocycles. The van der Waals surface area contributed by atoms with Gasteiger partial charge >= 0.3 is 0 Å². The molecule has 3 rings (SSSR count). The molecule has 0 fully saturated rings. The summed E-state index contributed by atoms with van der Waals surface area (Å²) in [6, 6.07) is 27.4. The molecule has 0 radical (unpaired) electrons. The minimum Gasteiger partial charge on any atom is -0.497 e. The maximum absolute atomic E-state index is 5.20. The number of rotatable bonds is 5. The van der Waals surface area contributed by atoms with Crippen LogP contribution in [0.15, 0.2) is 78.9 Å². The lowest BCUT2D eigenvalue weighted by Gasteiger charge is -2.20. The molecule has 0 saturated carbocycles. The van der Waals surface area contributed by atoms with Gasteiger partial charge in [-0.15, -0.1) is 0 Å². The fourth-order valence-corrected chi connectivity index (χ4v) is 2.64. The van der Waals surface area contributed by atoms with Gasteiger partial charge in [0.05, 0.1) is 7.11 Å². The van der Waals surface area contributed by atoms with Crippen LogP contribution in [0.4, 0.5) is 5.69 Å². The highest BCUT2D eigenvalue weighted by atomic mass is 16.5. The average molecular weight is 303 g/mol. The van der Waals surface area contributed by atoms with Gasteiger partial charge in [0.2, 0.25) is 0 Å². The first-order valence-corrected chi connectivity index (χ1v) is 7.76. The highest BCUT2D eigenvalue weighted by Crippen LogP contribution is 2.22. The smallest absolute Gasteiger partial charge is 0.119 e. The molecule has 23 heavy (non-hydrogen) atoms.